The number of esters is 1. The lowest BCUT2D eigenvalue weighted by Gasteiger charge is -2.31. The van der Waals surface area contributed by atoms with Gasteiger partial charge in [-0.1, -0.05) is 51.1 Å². The fourth-order valence-corrected chi connectivity index (χ4v) is 2.41. The summed E-state index contributed by atoms with van der Waals surface area (Å²) in [6.07, 6.45) is 2.51. The topological polar surface area (TPSA) is 26.3 Å². The highest BCUT2D eigenvalue weighted by Crippen LogP contribution is 2.33. The predicted molar refractivity (Wildman–Crippen MR) is 88.2 cm³/mol. The fraction of sp³-hybridized carbons (Fsp3) is 0.632. The zero-order valence-corrected chi connectivity index (χ0v) is 14.4. The van der Waals surface area contributed by atoms with Crippen LogP contribution in [-0.2, 0) is 16.0 Å². The normalized spacial score (nSPS) is 13.8. The van der Waals surface area contributed by atoms with Gasteiger partial charge in [-0.25, -0.2) is 0 Å². The monoisotopic (exact) mass is 290 g/mol. The maximum absolute atomic E-state index is 12.1. The van der Waals surface area contributed by atoms with Crippen LogP contribution in [0.4, 0.5) is 0 Å². The van der Waals surface area contributed by atoms with E-state index in [4.69, 9.17) is 4.74 Å². The Morgan fingerprint density at radius 1 is 1.05 bits per heavy atom. The molecule has 0 radical (unpaired) electrons. The molecule has 0 saturated carbocycles. The van der Waals surface area contributed by atoms with Gasteiger partial charge in [-0.05, 0) is 50.5 Å². The van der Waals surface area contributed by atoms with Crippen LogP contribution in [-0.4, -0.2) is 11.6 Å². The molecule has 1 unspecified atom stereocenters. The Morgan fingerprint density at radius 3 is 2.10 bits per heavy atom. The van der Waals surface area contributed by atoms with Crippen molar-refractivity contribution in [3.63, 3.8) is 0 Å². The molecular weight excluding hydrogens is 260 g/mol. The summed E-state index contributed by atoms with van der Waals surface area (Å²) in [4.78, 5) is 12.1. The molecule has 2 nitrogen and oxygen atoms in total. The van der Waals surface area contributed by atoms with Crippen LogP contribution in [0.15, 0.2) is 30.3 Å². The highest BCUT2D eigenvalue weighted by Gasteiger charge is 2.28. The lowest BCUT2D eigenvalue weighted by Crippen LogP contribution is -2.29. The van der Waals surface area contributed by atoms with Crippen LogP contribution in [0.25, 0.3) is 0 Å². The van der Waals surface area contributed by atoms with Gasteiger partial charge in [0.1, 0.15) is 5.60 Å². The molecule has 0 aliphatic heterocycles. The first-order valence-electron chi connectivity index (χ1n) is 7.84. The number of ether oxygens (including phenoxy) is 1. The van der Waals surface area contributed by atoms with Crippen molar-refractivity contribution in [2.24, 2.45) is 11.3 Å². The van der Waals surface area contributed by atoms with Gasteiger partial charge >= 0.3 is 5.97 Å². The number of aryl methyl sites for hydroxylation is 1. The average Bonchev–Trinajstić information content (AvgIpc) is 2.32. The fourth-order valence-electron chi connectivity index (χ4n) is 2.41. The van der Waals surface area contributed by atoms with Gasteiger partial charge in [0.2, 0.25) is 0 Å². The van der Waals surface area contributed by atoms with E-state index in [0.717, 1.165) is 12.8 Å². The maximum Gasteiger partial charge on any atom is 0.306 e. The molecule has 1 aromatic carbocycles. The summed E-state index contributed by atoms with van der Waals surface area (Å²) >= 11 is 0. The Balaban J connectivity index is 2.63. The Bertz CT molecular complexity index is 435. The third kappa shape index (κ3) is 7.31. The minimum atomic E-state index is -0.404. The second-order valence-electron chi connectivity index (χ2n) is 7.88. The molecule has 0 aliphatic carbocycles. The number of hydrogen-bond donors (Lipinski definition) is 0. The SMILES string of the molecule is CC(C)(C)OC(=O)CC(CCc1ccccc1)C(C)(C)C. The van der Waals surface area contributed by atoms with Crippen LogP contribution in [0.3, 0.4) is 0 Å². The van der Waals surface area contributed by atoms with Crippen molar-refractivity contribution < 1.29 is 9.53 Å². The third-order valence-corrected chi connectivity index (χ3v) is 3.68. The van der Waals surface area contributed by atoms with E-state index in [1.165, 1.54) is 5.56 Å². The summed E-state index contributed by atoms with van der Waals surface area (Å²) in [5.74, 6) is 0.239. The molecule has 0 spiro atoms. The van der Waals surface area contributed by atoms with Crippen LogP contribution in [0.2, 0.25) is 0 Å². The van der Waals surface area contributed by atoms with Crippen molar-refractivity contribution in [1.29, 1.82) is 0 Å². The molecule has 2 heteroatoms. The van der Waals surface area contributed by atoms with Crippen LogP contribution in [0.1, 0.15) is 59.9 Å². The van der Waals surface area contributed by atoms with E-state index in [1.54, 1.807) is 0 Å². The van der Waals surface area contributed by atoms with Gasteiger partial charge in [-0.15, -0.1) is 0 Å². The molecule has 0 aromatic heterocycles. The Morgan fingerprint density at radius 2 is 1.62 bits per heavy atom. The Kier molecular flexibility index (Phi) is 6.00. The summed E-state index contributed by atoms with van der Waals surface area (Å²) in [6.45, 7) is 12.4. The van der Waals surface area contributed by atoms with Gasteiger partial charge in [0.15, 0.2) is 0 Å². The third-order valence-electron chi connectivity index (χ3n) is 3.68. The predicted octanol–water partition coefficient (Wildman–Crippen LogP) is 5.01. The molecule has 0 aliphatic rings. The molecule has 1 atom stereocenters. The first-order chi connectivity index (χ1) is 9.58. The van der Waals surface area contributed by atoms with E-state index in [-0.39, 0.29) is 11.4 Å². The van der Waals surface area contributed by atoms with Gasteiger partial charge in [0.25, 0.3) is 0 Å². The second kappa shape index (κ2) is 7.11. The quantitative estimate of drug-likeness (QED) is 0.712. The van der Waals surface area contributed by atoms with E-state index < -0.39 is 5.60 Å². The van der Waals surface area contributed by atoms with E-state index >= 15 is 0 Å². The Labute approximate surface area is 129 Å². The first kappa shape index (κ1) is 17.7. The molecule has 0 N–H and O–H groups in total. The van der Waals surface area contributed by atoms with Gasteiger partial charge in [0, 0.05) is 6.42 Å². The molecule has 0 amide bonds. The average molecular weight is 290 g/mol. The molecule has 21 heavy (non-hydrogen) atoms. The summed E-state index contributed by atoms with van der Waals surface area (Å²) in [5.41, 5.74) is 1.03. The number of benzene rings is 1. The molecule has 1 rings (SSSR count). The lowest BCUT2D eigenvalue weighted by atomic mass is 9.75. The van der Waals surface area contributed by atoms with E-state index in [2.05, 4.69) is 45.0 Å². The van der Waals surface area contributed by atoms with Gasteiger partial charge in [-0.2, -0.15) is 0 Å². The summed E-state index contributed by atoms with van der Waals surface area (Å²) in [6, 6.07) is 10.5. The summed E-state index contributed by atoms with van der Waals surface area (Å²) in [5, 5.41) is 0. The van der Waals surface area contributed by atoms with Gasteiger partial charge in [-0.3, -0.25) is 4.79 Å². The van der Waals surface area contributed by atoms with E-state index in [1.807, 2.05) is 26.8 Å². The molecular formula is C19H30O2. The van der Waals surface area contributed by atoms with Crippen molar-refractivity contribution in [2.75, 3.05) is 0 Å². The molecule has 0 fully saturated rings. The van der Waals surface area contributed by atoms with Crippen molar-refractivity contribution >= 4 is 5.97 Å². The summed E-state index contributed by atoms with van der Waals surface area (Å²) < 4.78 is 5.48. The Hall–Kier alpha value is -1.31. The smallest absolute Gasteiger partial charge is 0.306 e. The van der Waals surface area contributed by atoms with Crippen LogP contribution < -0.4 is 0 Å². The lowest BCUT2D eigenvalue weighted by molar-refractivity contribution is -0.157. The zero-order valence-electron chi connectivity index (χ0n) is 14.4. The van der Waals surface area contributed by atoms with E-state index in [9.17, 15) is 4.79 Å². The largest absolute Gasteiger partial charge is 0.460 e. The number of hydrogen-bond acceptors (Lipinski definition) is 2. The van der Waals surface area contributed by atoms with E-state index in [0.29, 0.717) is 12.3 Å². The molecule has 0 bridgehead atoms. The molecule has 0 heterocycles. The van der Waals surface area contributed by atoms with Crippen LogP contribution in [0.5, 0.6) is 0 Å². The van der Waals surface area contributed by atoms with Crippen molar-refractivity contribution in [3.8, 4) is 0 Å². The van der Waals surface area contributed by atoms with Crippen molar-refractivity contribution in [2.45, 2.75) is 66.4 Å². The van der Waals surface area contributed by atoms with Gasteiger partial charge in [0.05, 0.1) is 0 Å². The number of carbonyl (C=O) groups is 1. The zero-order chi connectivity index (χ0) is 16.1. The van der Waals surface area contributed by atoms with Gasteiger partial charge < -0.3 is 4.74 Å². The van der Waals surface area contributed by atoms with Crippen LogP contribution in [0, 0.1) is 11.3 Å². The molecule has 118 valence electrons. The molecule has 0 saturated heterocycles. The number of carbonyl (C=O) groups excluding carboxylic acids is 1. The first-order valence-corrected chi connectivity index (χ1v) is 7.84. The maximum atomic E-state index is 12.1. The minimum absolute atomic E-state index is 0.0875. The van der Waals surface area contributed by atoms with Crippen molar-refractivity contribution in [3.05, 3.63) is 35.9 Å². The van der Waals surface area contributed by atoms with Crippen molar-refractivity contribution in [1.82, 2.24) is 0 Å². The molecule has 1 aromatic rings. The highest BCUT2D eigenvalue weighted by atomic mass is 16.6. The standard InChI is InChI=1S/C19H30O2/c1-18(2,3)16(14-17(20)21-19(4,5)6)13-12-15-10-8-7-9-11-15/h7-11,16H,12-14H2,1-6H3. The minimum Gasteiger partial charge on any atom is -0.460 e. The number of rotatable bonds is 5. The summed E-state index contributed by atoms with van der Waals surface area (Å²) in [7, 11) is 0. The van der Waals surface area contributed by atoms with Crippen LogP contribution >= 0.6 is 0 Å². The second-order valence-corrected chi connectivity index (χ2v) is 7.88. The highest BCUT2D eigenvalue weighted by molar-refractivity contribution is 5.70.